The maximum absolute atomic E-state index is 12.2. The lowest BCUT2D eigenvalue weighted by atomic mass is 10.0. The Morgan fingerprint density at radius 2 is 1.86 bits per heavy atom. The van der Waals surface area contributed by atoms with Crippen molar-refractivity contribution in [3.63, 3.8) is 0 Å². The molecule has 0 bridgehead atoms. The van der Waals surface area contributed by atoms with Crippen LogP contribution in [0.25, 0.3) is 0 Å². The van der Waals surface area contributed by atoms with Crippen molar-refractivity contribution in [2.75, 3.05) is 37.6 Å². The third kappa shape index (κ3) is 5.32. The first kappa shape index (κ1) is 20.3. The van der Waals surface area contributed by atoms with Gasteiger partial charge in [0.2, 0.25) is 11.8 Å². The van der Waals surface area contributed by atoms with Crippen LogP contribution in [0.2, 0.25) is 0 Å². The number of benzene rings is 1. The Balaban J connectivity index is 1.38. The Kier molecular flexibility index (Phi) is 7.03. The molecular formula is C21H30N4O3. The van der Waals surface area contributed by atoms with Crippen LogP contribution in [-0.4, -0.2) is 61.4 Å². The van der Waals surface area contributed by atoms with Crippen LogP contribution in [0, 0.1) is 0 Å². The summed E-state index contributed by atoms with van der Waals surface area (Å²) in [4.78, 5) is 40.1. The average molecular weight is 386 g/mol. The Bertz CT molecular complexity index is 704. The van der Waals surface area contributed by atoms with Gasteiger partial charge < -0.3 is 15.5 Å². The fourth-order valence-electron chi connectivity index (χ4n) is 3.87. The predicted octanol–water partition coefficient (Wildman–Crippen LogP) is 1.53. The summed E-state index contributed by atoms with van der Waals surface area (Å²) in [6.07, 6.45) is 5.17. The molecule has 1 aromatic carbocycles. The van der Waals surface area contributed by atoms with Crippen molar-refractivity contribution in [3.05, 3.63) is 29.8 Å². The first-order chi connectivity index (χ1) is 13.5. The lowest BCUT2D eigenvalue weighted by Gasteiger charge is -2.33. The van der Waals surface area contributed by atoms with Crippen LogP contribution in [-0.2, 0) is 9.59 Å². The van der Waals surface area contributed by atoms with E-state index in [9.17, 15) is 14.4 Å². The minimum Gasteiger partial charge on any atom is -0.353 e. The van der Waals surface area contributed by atoms with Gasteiger partial charge in [-0.25, -0.2) is 0 Å². The average Bonchev–Trinajstić information content (AvgIpc) is 3.13. The van der Waals surface area contributed by atoms with E-state index in [-0.39, 0.29) is 24.3 Å². The number of piperidine rings is 1. The molecular weight excluding hydrogens is 356 g/mol. The zero-order valence-electron chi connectivity index (χ0n) is 16.6. The fraction of sp³-hybridized carbons (Fsp3) is 0.571. The van der Waals surface area contributed by atoms with Crippen molar-refractivity contribution in [1.29, 1.82) is 0 Å². The van der Waals surface area contributed by atoms with Gasteiger partial charge in [-0.1, -0.05) is 6.42 Å². The topological polar surface area (TPSA) is 81.8 Å². The number of hydrogen-bond acceptors (Lipinski definition) is 4. The minimum absolute atomic E-state index is 0.0409. The van der Waals surface area contributed by atoms with E-state index in [1.54, 1.807) is 29.2 Å². The molecule has 0 saturated carbocycles. The van der Waals surface area contributed by atoms with E-state index in [2.05, 4.69) is 22.5 Å². The van der Waals surface area contributed by atoms with Crippen molar-refractivity contribution in [2.24, 2.45) is 0 Å². The van der Waals surface area contributed by atoms with Gasteiger partial charge in [-0.3, -0.25) is 19.3 Å². The third-order valence-corrected chi connectivity index (χ3v) is 5.59. The molecule has 3 amide bonds. The summed E-state index contributed by atoms with van der Waals surface area (Å²) in [7, 11) is 0. The molecule has 2 aliphatic rings. The standard InChI is InChI=1S/C21H30N4O3/c1-16-5-2-3-12-24(16)14-11-22-19(26)15-23-21(28)17-7-9-18(10-8-17)25-13-4-6-20(25)27/h7-10,16H,2-6,11-15H2,1H3,(H,22,26)(H,23,28). The second-order valence-electron chi connectivity index (χ2n) is 7.61. The number of likely N-dealkylation sites (tertiary alicyclic amines) is 1. The lowest BCUT2D eigenvalue weighted by molar-refractivity contribution is -0.120. The summed E-state index contributed by atoms with van der Waals surface area (Å²) in [6, 6.07) is 7.50. The molecule has 7 nitrogen and oxygen atoms in total. The van der Waals surface area contributed by atoms with Gasteiger partial charge in [-0.05, 0) is 57.0 Å². The van der Waals surface area contributed by atoms with Crippen molar-refractivity contribution in [2.45, 2.75) is 45.1 Å². The first-order valence-corrected chi connectivity index (χ1v) is 10.2. The third-order valence-electron chi connectivity index (χ3n) is 5.59. The molecule has 0 radical (unpaired) electrons. The highest BCUT2D eigenvalue weighted by molar-refractivity contribution is 5.98. The number of nitrogens with one attached hydrogen (secondary N) is 2. The summed E-state index contributed by atoms with van der Waals surface area (Å²) in [6.45, 7) is 5.44. The first-order valence-electron chi connectivity index (χ1n) is 10.2. The van der Waals surface area contributed by atoms with Crippen molar-refractivity contribution < 1.29 is 14.4 Å². The van der Waals surface area contributed by atoms with Crippen molar-refractivity contribution >= 4 is 23.4 Å². The van der Waals surface area contributed by atoms with E-state index in [4.69, 9.17) is 0 Å². The molecule has 2 aliphatic heterocycles. The van der Waals surface area contributed by atoms with Gasteiger partial charge in [0, 0.05) is 43.3 Å². The molecule has 1 unspecified atom stereocenters. The fourth-order valence-corrected chi connectivity index (χ4v) is 3.87. The van der Waals surface area contributed by atoms with Gasteiger partial charge in [0.25, 0.3) is 5.91 Å². The van der Waals surface area contributed by atoms with Gasteiger partial charge in [0.15, 0.2) is 0 Å². The summed E-state index contributed by atoms with van der Waals surface area (Å²) in [5, 5.41) is 5.52. The number of nitrogens with zero attached hydrogens (tertiary/aromatic N) is 2. The Morgan fingerprint density at radius 1 is 1.07 bits per heavy atom. The minimum atomic E-state index is -0.292. The second-order valence-corrected chi connectivity index (χ2v) is 7.61. The van der Waals surface area contributed by atoms with Gasteiger partial charge in [-0.15, -0.1) is 0 Å². The van der Waals surface area contributed by atoms with Gasteiger partial charge in [0.1, 0.15) is 0 Å². The van der Waals surface area contributed by atoms with Crippen LogP contribution in [0.15, 0.2) is 24.3 Å². The number of amides is 3. The number of carbonyl (C=O) groups is 3. The molecule has 0 aromatic heterocycles. The summed E-state index contributed by atoms with van der Waals surface area (Å²) < 4.78 is 0. The molecule has 1 atom stereocenters. The molecule has 2 saturated heterocycles. The maximum Gasteiger partial charge on any atom is 0.251 e. The maximum atomic E-state index is 12.2. The highest BCUT2D eigenvalue weighted by Crippen LogP contribution is 2.21. The van der Waals surface area contributed by atoms with Crippen LogP contribution < -0.4 is 15.5 Å². The van der Waals surface area contributed by atoms with Crippen molar-refractivity contribution in [1.82, 2.24) is 15.5 Å². The monoisotopic (exact) mass is 386 g/mol. The molecule has 28 heavy (non-hydrogen) atoms. The Hall–Kier alpha value is -2.41. The quantitative estimate of drug-likeness (QED) is 0.745. The number of hydrogen-bond donors (Lipinski definition) is 2. The van der Waals surface area contributed by atoms with E-state index in [1.165, 1.54) is 19.3 Å². The molecule has 7 heteroatoms. The summed E-state index contributed by atoms with van der Waals surface area (Å²) in [5.74, 6) is -0.357. The van der Waals surface area contributed by atoms with E-state index >= 15 is 0 Å². The zero-order valence-corrected chi connectivity index (χ0v) is 16.6. The SMILES string of the molecule is CC1CCCCN1CCNC(=O)CNC(=O)c1ccc(N2CCCC2=O)cc1. The number of carbonyl (C=O) groups excluding carboxylic acids is 3. The lowest BCUT2D eigenvalue weighted by Crippen LogP contribution is -2.44. The highest BCUT2D eigenvalue weighted by Gasteiger charge is 2.22. The van der Waals surface area contributed by atoms with Gasteiger partial charge in [-0.2, -0.15) is 0 Å². The highest BCUT2D eigenvalue weighted by atomic mass is 16.2. The molecule has 152 valence electrons. The number of anilines is 1. The van der Waals surface area contributed by atoms with E-state index in [0.29, 0.717) is 24.6 Å². The Labute approximate surface area is 166 Å². The van der Waals surface area contributed by atoms with Crippen LogP contribution in [0.1, 0.15) is 49.4 Å². The van der Waals surface area contributed by atoms with Crippen LogP contribution >= 0.6 is 0 Å². The molecule has 0 aliphatic carbocycles. The molecule has 2 N–H and O–H groups in total. The predicted molar refractivity (Wildman–Crippen MR) is 108 cm³/mol. The van der Waals surface area contributed by atoms with Crippen LogP contribution in [0.5, 0.6) is 0 Å². The molecule has 2 fully saturated rings. The number of rotatable bonds is 7. The van der Waals surface area contributed by atoms with Gasteiger partial charge >= 0.3 is 0 Å². The van der Waals surface area contributed by atoms with Crippen molar-refractivity contribution in [3.8, 4) is 0 Å². The normalized spacial score (nSPS) is 20.2. The van der Waals surface area contributed by atoms with Gasteiger partial charge in [0.05, 0.1) is 6.54 Å². The molecule has 2 heterocycles. The van der Waals surface area contributed by atoms with Crippen LogP contribution in [0.4, 0.5) is 5.69 Å². The summed E-state index contributed by atoms with van der Waals surface area (Å²) in [5.41, 5.74) is 1.29. The van der Waals surface area contributed by atoms with E-state index in [1.807, 2.05) is 0 Å². The van der Waals surface area contributed by atoms with E-state index < -0.39 is 0 Å². The molecule has 0 spiro atoms. The molecule has 3 rings (SSSR count). The largest absolute Gasteiger partial charge is 0.353 e. The second kappa shape index (κ2) is 9.68. The molecule has 1 aromatic rings. The van der Waals surface area contributed by atoms with Crippen LogP contribution in [0.3, 0.4) is 0 Å². The Morgan fingerprint density at radius 3 is 2.54 bits per heavy atom. The zero-order chi connectivity index (χ0) is 19.9. The summed E-state index contributed by atoms with van der Waals surface area (Å²) >= 11 is 0. The smallest absolute Gasteiger partial charge is 0.251 e. The van der Waals surface area contributed by atoms with E-state index in [0.717, 1.165) is 31.7 Å².